The standard InChI is InChI=1S/C21H20F4O3/c1-2-13-3-5-14(6-4-13)20(26)28-16-8-9-17-15(11-16)7-10-18(19(17)22)27-12-21(23,24)25/h2,7-11,13-14H,1,3-6,12H2. The van der Waals surface area contributed by atoms with Gasteiger partial charge in [-0.15, -0.1) is 6.58 Å². The van der Waals surface area contributed by atoms with E-state index in [1.54, 1.807) is 0 Å². The Morgan fingerprint density at radius 3 is 2.50 bits per heavy atom. The molecule has 1 fully saturated rings. The molecule has 0 aromatic heterocycles. The zero-order valence-electron chi connectivity index (χ0n) is 15.1. The van der Waals surface area contributed by atoms with E-state index in [1.165, 1.54) is 24.3 Å². The number of esters is 1. The minimum Gasteiger partial charge on any atom is -0.481 e. The SMILES string of the molecule is C=CC1CCC(C(=O)Oc2ccc3c(F)c(OCC(F)(F)F)ccc3c2)CC1. The summed E-state index contributed by atoms with van der Waals surface area (Å²) < 4.78 is 61.1. The molecule has 3 rings (SSSR count). The second-order valence-electron chi connectivity index (χ2n) is 6.93. The van der Waals surface area contributed by atoms with Gasteiger partial charge in [-0.3, -0.25) is 4.79 Å². The zero-order chi connectivity index (χ0) is 20.3. The molecule has 0 aliphatic heterocycles. The predicted molar refractivity (Wildman–Crippen MR) is 96.7 cm³/mol. The molecule has 2 aromatic carbocycles. The maximum absolute atomic E-state index is 14.4. The van der Waals surface area contributed by atoms with Crippen molar-refractivity contribution in [3.63, 3.8) is 0 Å². The maximum Gasteiger partial charge on any atom is 0.422 e. The molecule has 0 N–H and O–H groups in total. The monoisotopic (exact) mass is 396 g/mol. The molecule has 150 valence electrons. The number of fused-ring (bicyclic) bond motifs is 1. The summed E-state index contributed by atoms with van der Waals surface area (Å²) in [6.45, 7) is 2.21. The summed E-state index contributed by atoms with van der Waals surface area (Å²) in [6.07, 6.45) is 0.617. The van der Waals surface area contributed by atoms with Crippen molar-refractivity contribution >= 4 is 16.7 Å². The van der Waals surface area contributed by atoms with Crippen molar-refractivity contribution in [1.82, 2.24) is 0 Å². The van der Waals surface area contributed by atoms with Crippen LogP contribution in [0, 0.1) is 17.7 Å². The molecule has 0 saturated heterocycles. The van der Waals surface area contributed by atoms with Crippen LogP contribution < -0.4 is 9.47 Å². The molecule has 1 saturated carbocycles. The second-order valence-corrected chi connectivity index (χ2v) is 6.93. The second kappa shape index (κ2) is 8.20. The largest absolute Gasteiger partial charge is 0.481 e. The van der Waals surface area contributed by atoms with E-state index in [9.17, 15) is 22.4 Å². The molecule has 0 atom stereocenters. The van der Waals surface area contributed by atoms with E-state index in [4.69, 9.17) is 4.74 Å². The van der Waals surface area contributed by atoms with Crippen molar-refractivity contribution in [2.24, 2.45) is 11.8 Å². The van der Waals surface area contributed by atoms with Gasteiger partial charge in [0.05, 0.1) is 5.92 Å². The molecular formula is C21H20F4O3. The van der Waals surface area contributed by atoms with Gasteiger partial charge in [0.2, 0.25) is 0 Å². The van der Waals surface area contributed by atoms with Crippen LogP contribution in [0.4, 0.5) is 17.6 Å². The van der Waals surface area contributed by atoms with Gasteiger partial charge in [-0.2, -0.15) is 13.2 Å². The molecule has 0 spiro atoms. The van der Waals surface area contributed by atoms with E-state index in [0.29, 0.717) is 11.3 Å². The van der Waals surface area contributed by atoms with E-state index in [-0.39, 0.29) is 23.0 Å². The minimum atomic E-state index is -4.55. The molecular weight excluding hydrogens is 376 g/mol. The van der Waals surface area contributed by atoms with E-state index < -0.39 is 24.3 Å². The minimum absolute atomic E-state index is 0.0889. The Morgan fingerprint density at radius 2 is 1.86 bits per heavy atom. The van der Waals surface area contributed by atoms with Crippen LogP contribution in [0.15, 0.2) is 43.0 Å². The normalized spacial score (nSPS) is 20.0. The number of allylic oxidation sites excluding steroid dienone is 1. The number of halogens is 4. The molecule has 1 aliphatic rings. The Balaban J connectivity index is 1.70. The van der Waals surface area contributed by atoms with Crippen LogP contribution in [0.2, 0.25) is 0 Å². The summed E-state index contributed by atoms with van der Waals surface area (Å²) in [7, 11) is 0. The van der Waals surface area contributed by atoms with Crippen molar-refractivity contribution < 1.29 is 31.8 Å². The van der Waals surface area contributed by atoms with Crippen molar-refractivity contribution in [2.45, 2.75) is 31.9 Å². The van der Waals surface area contributed by atoms with Gasteiger partial charge in [-0.1, -0.05) is 12.1 Å². The summed E-state index contributed by atoms with van der Waals surface area (Å²) in [6, 6.07) is 6.83. The van der Waals surface area contributed by atoms with Gasteiger partial charge in [-0.25, -0.2) is 4.39 Å². The highest BCUT2D eigenvalue weighted by atomic mass is 19.4. The first-order valence-corrected chi connectivity index (χ1v) is 9.03. The Kier molecular flexibility index (Phi) is 5.91. The third-order valence-corrected chi connectivity index (χ3v) is 4.94. The van der Waals surface area contributed by atoms with Crippen LogP contribution >= 0.6 is 0 Å². The number of rotatable bonds is 5. The van der Waals surface area contributed by atoms with Crippen LogP contribution in [0.1, 0.15) is 25.7 Å². The van der Waals surface area contributed by atoms with Gasteiger partial charge in [0, 0.05) is 5.39 Å². The molecule has 28 heavy (non-hydrogen) atoms. The number of carbonyl (C=O) groups is 1. The van der Waals surface area contributed by atoms with Gasteiger partial charge in [0.15, 0.2) is 18.2 Å². The van der Waals surface area contributed by atoms with Crippen molar-refractivity contribution in [3.8, 4) is 11.5 Å². The third-order valence-electron chi connectivity index (χ3n) is 4.94. The molecule has 0 amide bonds. The quantitative estimate of drug-likeness (QED) is 0.277. The molecule has 0 unspecified atom stereocenters. The highest BCUT2D eigenvalue weighted by molar-refractivity contribution is 5.87. The molecule has 7 heteroatoms. The molecule has 0 radical (unpaired) electrons. The lowest BCUT2D eigenvalue weighted by molar-refractivity contribution is -0.153. The number of ether oxygens (including phenoxy) is 2. The van der Waals surface area contributed by atoms with Gasteiger partial charge < -0.3 is 9.47 Å². The maximum atomic E-state index is 14.4. The molecule has 2 aromatic rings. The predicted octanol–water partition coefficient (Wildman–Crippen LogP) is 5.82. The van der Waals surface area contributed by atoms with Crippen molar-refractivity contribution in [3.05, 3.63) is 48.8 Å². The number of alkyl halides is 3. The fraction of sp³-hybridized carbons (Fsp3) is 0.381. The molecule has 3 nitrogen and oxygen atoms in total. The van der Waals surface area contributed by atoms with Gasteiger partial charge in [0.1, 0.15) is 5.75 Å². The Morgan fingerprint density at radius 1 is 1.14 bits per heavy atom. The topological polar surface area (TPSA) is 35.5 Å². The lowest BCUT2D eigenvalue weighted by atomic mass is 9.82. The summed E-state index contributed by atoms with van der Waals surface area (Å²) >= 11 is 0. The summed E-state index contributed by atoms with van der Waals surface area (Å²) in [5.74, 6) is -1.17. The van der Waals surface area contributed by atoms with E-state index in [1.807, 2.05) is 6.08 Å². The van der Waals surface area contributed by atoms with E-state index in [0.717, 1.165) is 31.7 Å². The lowest BCUT2D eigenvalue weighted by Crippen LogP contribution is -2.25. The van der Waals surface area contributed by atoms with Crippen LogP contribution in [0.25, 0.3) is 10.8 Å². The van der Waals surface area contributed by atoms with Crippen molar-refractivity contribution in [1.29, 1.82) is 0 Å². The molecule has 0 heterocycles. The van der Waals surface area contributed by atoms with Crippen LogP contribution in [-0.2, 0) is 4.79 Å². The summed E-state index contributed by atoms with van der Waals surface area (Å²) in [5.41, 5.74) is 0. The first kappa shape index (κ1) is 20.2. The number of hydrogen-bond acceptors (Lipinski definition) is 3. The van der Waals surface area contributed by atoms with E-state index >= 15 is 0 Å². The lowest BCUT2D eigenvalue weighted by Gasteiger charge is -2.25. The van der Waals surface area contributed by atoms with Crippen LogP contribution in [-0.4, -0.2) is 18.8 Å². The summed E-state index contributed by atoms with van der Waals surface area (Å²) in [4.78, 5) is 12.4. The Hall–Kier alpha value is -2.57. The van der Waals surface area contributed by atoms with Crippen LogP contribution in [0.3, 0.4) is 0 Å². The highest BCUT2D eigenvalue weighted by Gasteiger charge is 2.29. The van der Waals surface area contributed by atoms with Crippen LogP contribution in [0.5, 0.6) is 11.5 Å². The molecule has 1 aliphatic carbocycles. The number of benzene rings is 2. The van der Waals surface area contributed by atoms with Gasteiger partial charge in [0.25, 0.3) is 0 Å². The average Bonchev–Trinajstić information content (AvgIpc) is 2.67. The average molecular weight is 396 g/mol. The van der Waals surface area contributed by atoms with E-state index in [2.05, 4.69) is 11.3 Å². The summed E-state index contributed by atoms with van der Waals surface area (Å²) in [5, 5.41) is 0.489. The van der Waals surface area contributed by atoms with Gasteiger partial charge >= 0.3 is 12.1 Å². The number of hydrogen-bond donors (Lipinski definition) is 0. The highest BCUT2D eigenvalue weighted by Crippen LogP contribution is 2.33. The Labute approximate surface area is 159 Å². The zero-order valence-corrected chi connectivity index (χ0v) is 15.1. The third kappa shape index (κ3) is 4.82. The van der Waals surface area contributed by atoms with Gasteiger partial charge in [-0.05, 0) is 61.3 Å². The first-order chi connectivity index (χ1) is 13.3. The fourth-order valence-corrected chi connectivity index (χ4v) is 3.37. The molecule has 0 bridgehead atoms. The smallest absolute Gasteiger partial charge is 0.422 e. The van der Waals surface area contributed by atoms with Crippen molar-refractivity contribution in [2.75, 3.05) is 6.61 Å². The fourth-order valence-electron chi connectivity index (χ4n) is 3.37. The number of carbonyl (C=O) groups excluding carboxylic acids is 1. The Bertz CT molecular complexity index is 868. The first-order valence-electron chi connectivity index (χ1n) is 9.03.